The molecule has 132 valence electrons. The Labute approximate surface area is 151 Å². The highest BCUT2D eigenvalue weighted by molar-refractivity contribution is 7.10. The van der Waals surface area contributed by atoms with Crippen molar-refractivity contribution in [2.24, 2.45) is 0 Å². The first kappa shape index (κ1) is 17.5. The summed E-state index contributed by atoms with van der Waals surface area (Å²) >= 11 is 1.71. The normalized spacial score (nSPS) is 12.2. The van der Waals surface area contributed by atoms with Gasteiger partial charge in [0.05, 0.1) is 0 Å². The zero-order valence-corrected chi connectivity index (χ0v) is 15.1. The van der Waals surface area contributed by atoms with Gasteiger partial charge in [0.25, 0.3) is 0 Å². The lowest BCUT2D eigenvalue weighted by Gasteiger charge is -2.16. The topological polar surface area (TPSA) is 66.2 Å². The van der Waals surface area contributed by atoms with Gasteiger partial charge in [0.15, 0.2) is 0 Å². The van der Waals surface area contributed by atoms with Crippen molar-refractivity contribution in [3.63, 3.8) is 0 Å². The lowest BCUT2D eigenvalue weighted by molar-refractivity contribution is 0.193. The van der Waals surface area contributed by atoms with Crippen LogP contribution in [0, 0.1) is 0 Å². The molecule has 0 saturated carbocycles. The maximum absolute atomic E-state index is 12.0. The van der Waals surface area contributed by atoms with E-state index in [1.54, 1.807) is 18.4 Å². The Morgan fingerprint density at radius 2 is 2.12 bits per heavy atom. The fourth-order valence-electron chi connectivity index (χ4n) is 2.91. The van der Waals surface area contributed by atoms with Crippen LogP contribution in [0.5, 0.6) is 0 Å². The first-order valence-corrected chi connectivity index (χ1v) is 9.27. The maximum Gasteiger partial charge on any atom is 0.314 e. The lowest BCUT2D eigenvalue weighted by Crippen LogP contribution is -2.38. The molecule has 3 aromatic rings. The fourth-order valence-corrected chi connectivity index (χ4v) is 3.76. The van der Waals surface area contributed by atoms with Gasteiger partial charge in [-0.15, -0.1) is 11.3 Å². The van der Waals surface area contributed by atoms with E-state index in [4.69, 9.17) is 4.74 Å². The van der Waals surface area contributed by atoms with E-state index in [9.17, 15) is 4.79 Å². The smallest absolute Gasteiger partial charge is 0.314 e. The number of benzene rings is 1. The van der Waals surface area contributed by atoms with Crippen LogP contribution in [0.3, 0.4) is 0 Å². The van der Waals surface area contributed by atoms with Crippen LogP contribution in [-0.2, 0) is 4.74 Å². The van der Waals surface area contributed by atoms with E-state index in [2.05, 4.69) is 39.2 Å². The summed E-state index contributed by atoms with van der Waals surface area (Å²) in [5.74, 6) is 0.126. The monoisotopic (exact) mass is 357 g/mol. The molecular formula is C19H23N3O2S. The highest BCUT2D eigenvalue weighted by Crippen LogP contribution is 2.32. The van der Waals surface area contributed by atoms with Gasteiger partial charge in [0.1, 0.15) is 0 Å². The van der Waals surface area contributed by atoms with Crippen LogP contribution in [0.4, 0.5) is 4.79 Å². The van der Waals surface area contributed by atoms with Crippen LogP contribution in [0.1, 0.15) is 22.8 Å². The van der Waals surface area contributed by atoms with Crippen LogP contribution in [0.2, 0.25) is 0 Å². The molecule has 0 radical (unpaired) electrons. The number of hydrogen-bond donors (Lipinski definition) is 3. The number of amides is 2. The van der Waals surface area contributed by atoms with Crippen LogP contribution in [0.15, 0.2) is 48.0 Å². The molecule has 0 saturated heterocycles. The minimum Gasteiger partial charge on any atom is -0.385 e. The molecule has 3 rings (SSSR count). The molecule has 6 heteroatoms. The molecule has 0 aliphatic heterocycles. The average molecular weight is 357 g/mol. The van der Waals surface area contributed by atoms with Crippen molar-refractivity contribution in [1.29, 1.82) is 0 Å². The quantitative estimate of drug-likeness (QED) is 0.538. The molecule has 0 aliphatic rings. The number of aromatic nitrogens is 1. The molecule has 0 unspecified atom stereocenters. The summed E-state index contributed by atoms with van der Waals surface area (Å²) in [6.07, 6.45) is 2.86. The Balaban J connectivity index is 1.70. The van der Waals surface area contributed by atoms with Gasteiger partial charge in [-0.05, 0) is 29.5 Å². The number of hydrogen-bond acceptors (Lipinski definition) is 3. The highest BCUT2D eigenvalue weighted by Gasteiger charge is 2.19. The molecule has 5 nitrogen and oxygen atoms in total. The predicted octanol–water partition coefficient (Wildman–Crippen LogP) is 3.70. The van der Waals surface area contributed by atoms with E-state index in [-0.39, 0.29) is 11.9 Å². The van der Waals surface area contributed by atoms with Gasteiger partial charge in [-0.25, -0.2) is 4.79 Å². The molecule has 1 atom stereocenters. The Morgan fingerprint density at radius 1 is 1.24 bits per heavy atom. The van der Waals surface area contributed by atoms with E-state index >= 15 is 0 Å². The average Bonchev–Trinajstić information content (AvgIpc) is 3.30. The lowest BCUT2D eigenvalue weighted by atomic mass is 9.97. The summed E-state index contributed by atoms with van der Waals surface area (Å²) in [5, 5.41) is 9.14. The number of carbonyl (C=O) groups is 1. The van der Waals surface area contributed by atoms with Crippen molar-refractivity contribution in [2.45, 2.75) is 12.3 Å². The number of ether oxygens (including phenoxy) is 1. The zero-order valence-electron chi connectivity index (χ0n) is 14.2. The first-order chi connectivity index (χ1) is 12.3. The van der Waals surface area contributed by atoms with Crippen molar-refractivity contribution in [3.05, 3.63) is 58.4 Å². The molecule has 3 N–H and O–H groups in total. The second-order valence-electron chi connectivity index (χ2n) is 5.84. The second-order valence-corrected chi connectivity index (χ2v) is 6.82. The van der Waals surface area contributed by atoms with E-state index in [0.29, 0.717) is 19.7 Å². The van der Waals surface area contributed by atoms with Gasteiger partial charge in [0, 0.05) is 54.7 Å². The molecule has 0 bridgehead atoms. The number of H-pyrrole nitrogens is 1. The number of carbonyl (C=O) groups excluding carboxylic acids is 1. The summed E-state index contributed by atoms with van der Waals surface area (Å²) in [6.45, 7) is 1.81. The van der Waals surface area contributed by atoms with Crippen molar-refractivity contribution >= 4 is 28.3 Å². The largest absolute Gasteiger partial charge is 0.385 e. The third-order valence-electron chi connectivity index (χ3n) is 4.16. The van der Waals surface area contributed by atoms with E-state index in [1.807, 2.05) is 24.4 Å². The molecule has 25 heavy (non-hydrogen) atoms. The van der Waals surface area contributed by atoms with Gasteiger partial charge in [-0.3, -0.25) is 0 Å². The van der Waals surface area contributed by atoms with Gasteiger partial charge in [-0.1, -0.05) is 24.3 Å². The number of thiophene rings is 1. The third kappa shape index (κ3) is 4.41. The van der Waals surface area contributed by atoms with Gasteiger partial charge in [0.2, 0.25) is 0 Å². The van der Waals surface area contributed by atoms with Crippen molar-refractivity contribution in [2.75, 3.05) is 26.8 Å². The summed E-state index contributed by atoms with van der Waals surface area (Å²) in [5.41, 5.74) is 2.32. The number of para-hydroxylation sites is 1. The molecule has 0 fully saturated rings. The van der Waals surface area contributed by atoms with Crippen molar-refractivity contribution in [1.82, 2.24) is 15.6 Å². The Morgan fingerprint density at radius 3 is 2.92 bits per heavy atom. The zero-order chi connectivity index (χ0) is 17.5. The van der Waals surface area contributed by atoms with Crippen LogP contribution in [0.25, 0.3) is 10.9 Å². The SMILES string of the molecule is COCCCNC(=O)NC[C@H](c1cccs1)c1c[nH]c2ccccc12. The van der Waals surface area contributed by atoms with Gasteiger partial charge in [-0.2, -0.15) is 0 Å². The standard InChI is InChI=1S/C19H23N3O2S/c1-24-10-5-9-20-19(23)22-13-16(18-8-4-11-25-18)15-12-21-17-7-3-2-6-14(15)17/h2-4,6-8,11-12,16,21H,5,9-10,13H2,1H3,(H2,20,22,23)/t16-/m0/s1. The van der Waals surface area contributed by atoms with Crippen LogP contribution >= 0.6 is 11.3 Å². The number of aromatic amines is 1. The summed E-state index contributed by atoms with van der Waals surface area (Å²) in [4.78, 5) is 16.6. The molecule has 1 aromatic carbocycles. The summed E-state index contributed by atoms with van der Waals surface area (Å²) in [7, 11) is 1.66. The Kier molecular flexibility index (Phi) is 6.09. The van der Waals surface area contributed by atoms with Crippen LogP contribution < -0.4 is 10.6 Å². The fraction of sp³-hybridized carbons (Fsp3) is 0.316. The summed E-state index contributed by atoms with van der Waals surface area (Å²) in [6, 6.07) is 12.3. The minimum atomic E-state index is -0.141. The predicted molar refractivity (Wildman–Crippen MR) is 102 cm³/mol. The molecule has 2 amide bonds. The Bertz CT molecular complexity index is 798. The van der Waals surface area contributed by atoms with E-state index in [0.717, 1.165) is 11.9 Å². The number of fused-ring (bicyclic) bond motifs is 1. The molecule has 0 aliphatic carbocycles. The van der Waals surface area contributed by atoms with Crippen LogP contribution in [-0.4, -0.2) is 37.8 Å². The number of methoxy groups -OCH3 is 1. The molecule has 0 spiro atoms. The second kappa shape index (κ2) is 8.69. The van der Waals surface area contributed by atoms with Crippen molar-refractivity contribution in [3.8, 4) is 0 Å². The molecular weight excluding hydrogens is 334 g/mol. The Hall–Kier alpha value is -2.31. The number of rotatable bonds is 8. The van der Waals surface area contributed by atoms with Gasteiger partial charge >= 0.3 is 6.03 Å². The number of urea groups is 1. The third-order valence-corrected chi connectivity index (χ3v) is 5.15. The maximum atomic E-state index is 12.0. The highest BCUT2D eigenvalue weighted by atomic mass is 32.1. The van der Waals surface area contributed by atoms with Gasteiger partial charge < -0.3 is 20.4 Å². The molecule has 2 aromatic heterocycles. The molecule has 2 heterocycles. The van der Waals surface area contributed by atoms with E-state index < -0.39 is 0 Å². The first-order valence-electron chi connectivity index (χ1n) is 8.39. The van der Waals surface area contributed by atoms with E-state index in [1.165, 1.54) is 15.8 Å². The summed E-state index contributed by atoms with van der Waals surface area (Å²) < 4.78 is 4.99. The minimum absolute atomic E-state index is 0.126. The number of nitrogens with one attached hydrogen (secondary N) is 3. The van der Waals surface area contributed by atoms with Crippen molar-refractivity contribution < 1.29 is 9.53 Å².